The summed E-state index contributed by atoms with van der Waals surface area (Å²) >= 11 is 0. The highest BCUT2D eigenvalue weighted by molar-refractivity contribution is 5.77. The number of rotatable bonds is 6. The first-order valence-corrected chi connectivity index (χ1v) is 4.82. The molecule has 1 rings (SSSR count). The van der Waals surface area contributed by atoms with E-state index in [9.17, 15) is 4.79 Å². The molecule has 2 atom stereocenters. The van der Waals surface area contributed by atoms with Crippen molar-refractivity contribution in [1.29, 1.82) is 0 Å². The second kappa shape index (κ2) is 6.00. The average Bonchev–Trinajstić information content (AvgIpc) is 2.54. The first-order chi connectivity index (χ1) is 7.71. The molecule has 7 heteroatoms. The van der Waals surface area contributed by atoms with Crippen LogP contribution in [0.4, 0.5) is 4.79 Å². The quantitative estimate of drug-likeness (QED) is 0.641. The summed E-state index contributed by atoms with van der Waals surface area (Å²) in [5.74, 6) is 0. The first-order valence-electron chi connectivity index (χ1n) is 4.82. The zero-order valence-corrected chi connectivity index (χ0v) is 10.0. The average molecular weight is 234 g/mol. The van der Waals surface area contributed by atoms with Crippen LogP contribution in [0.15, 0.2) is 0 Å². The van der Waals surface area contributed by atoms with E-state index in [-0.39, 0.29) is 19.5 Å². The molecule has 1 saturated heterocycles. The molecular formula is C9H18N2O5. The van der Waals surface area contributed by atoms with Gasteiger partial charge in [0, 0.05) is 28.4 Å². The zero-order chi connectivity index (χ0) is 12.1. The molecule has 94 valence electrons. The van der Waals surface area contributed by atoms with Crippen LogP contribution >= 0.6 is 0 Å². The fourth-order valence-electron chi connectivity index (χ4n) is 1.71. The van der Waals surface area contributed by atoms with Crippen molar-refractivity contribution < 1.29 is 23.7 Å². The van der Waals surface area contributed by atoms with Crippen molar-refractivity contribution in [2.45, 2.75) is 12.5 Å². The minimum Gasteiger partial charge on any atom is -0.364 e. The van der Waals surface area contributed by atoms with Gasteiger partial charge in [-0.2, -0.15) is 0 Å². The molecule has 16 heavy (non-hydrogen) atoms. The van der Waals surface area contributed by atoms with Gasteiger partial charge in [0.1, 0.15) is 13.5 Å². The van der Waals surface area contributed by atoms with Crippen molar-refractivity contribution in [2.24, 2.45) is 0 Å². The van der Waals surface area contributed by atoms with Crippen LogP contribution in [0.3, 0.4) is 0 Å². The smallest absolute Gasteiger partial charge is 0.328 e. The zero-order valence-electron chi connectivity index (χ0n) is 10.0. The summed E-state index contributed by atoms with van der Waals surface area (Å²) in [6.45, 7) is 0.300. The number of carbonyl (C=O) groups excluding carboxylic acids is 1. The molecule has 1 aliphatic heterocycles. The number of hydrogen-bond acceptors (Lipinski definition) is 5. The first kappa shape index (κ1) is 13.2. The molecule has 0 aromatic carbocycles. The lowest BCUT2D eigenvalue weighted by Gasteiger charge is -2.24. The highest BCUT2D eigenvalue weighted by Gasteiger charge is 2.46. The molecule has 1 aliphatic rings. The number of urea groups is 1. The van der Waals surface area contributed by atoms with E-state index in [1.807, 2.05) is 0 Å². The summed E-state index contributed by atoms with van der Waals surface area (Å²) in [4.78, 5) is 14.8. The van der Waals surface area contributed by atoms with Crippen LogP contribution in [0.5, 0.6) is 0 Å². The molecular weight excluding hydrogens is 216 g/mol. The van der Waals surface area contributed by atoms with Crippen molar-refractivity contribution in [3.63, 3.8) is 0 Å². The Kier molecular flexibility index (Phi) is 4.94. The van der Waals surface area contributed by atoms with Crippen molar-refractivity contribution in [2.75, 3.05) is 41.9 Å². The van der Waals surface area contributed by atoms with Gasteiger partial charge in [0.15, 0.2) is 12.5 Å². The van der Waals surface area contributed by atoms with Crippen LogP contribution < -0.4 is 0 Å². The van der Waals surface area contributed by atoms with Crippen molar-refractivity contribution in [3.8, 4) is 0 Å². The molecule has 0 bridgehead atoms. The van der Waals surface area contributed by atoms with Gasteiger partial charge in [-0.15, -0.1) is 0 Å². The Labute approximate surface area is 94.8 Å². The van der Waals surface area contributed by atoms with Crippen LogP contribution in [0.2, 0.25) is 0 Å². The van der Waals surface area contributed by atoms with Crippen LogP contribution in [-0.2, 0) is 18.9 Å². The van der Waals surface area contributed by atoms with Crippen molar-refractivity contribution in [3.05, 3.63) is 0 Å². The topological polar surface area (TPSA) is 60.5 Å². The maximum Gasteiger partial charge on any atom is 0.328 e. The fraction of sp³-hybridized carbons (Fsp3) is 0.889. The maximum atomic E-state index is 12.0. The lowest BCUT2D eigenvalue weighted by Crippen LogP contribution is -2.41. The van der Waals surface area contributed by atoms with E-state index in [0.29, 0.717) is 0 Å². The summed E-state index contributed by atoms with van der Waals surface area (Å²) in [5, 5.41) is 0. The number of carbonyl (C=O) groups is 1. The van der Waals surface area contributed by atoms with Crippen LogP contribution in [0.25, 0.3) is 0 Å². The molecule has 0 saturated carbocycles. The summed E-state index contributed by atoms with van der Waals surface area (Å²) in [6.07, 6.45) is -0.986. The molecule has 0 spiro atoms. The molecule has 2 amide bonds. The van der Waals surface area contributed by atoms with E-state index in [1.165, 1.54) is 38.2 Å². The summed E-state index contributed by atoms with van der Waals surface area (Å²) in [7, 11) is 6.06. The molecule has 0 N–H and O–H groups in total. The van der Waals surface area contributed by atoms with Gasteiger partial charge in [0.2, 0.25) is 0 Å². The monoisotopic (exact) mass is 234 g/mol. The van der Waals surface area contributed by atoms with E-state index < -0.39 is 12.5 Å². The Morgan fingerprint density at radius 3 is 1.56 bits per heavy atom. The highest BCUT2D eigenvalue weighted by Crippen LogP contribution is 2.23. The number of methoxy groups -OCH3 is 4. The summed E-state index contributed by atoms with van der Waals surface area (Å²) in [5.41, 5.74) is 0. The number of amides is 2. The molecule has 0 aliphatic carbocycles. The SMILES string of the molecule is COCN1C(=O)N(COC)[C@@H](OC)[C@H]1OC. The Morgan fingerprint density at radius 2 is 1.31 bits per heavy atom. The standard InChI is InChI=1S/C9H18N2O5/c1-13-5-10-7(15-3)8(16-4)11(6-14-2)9(10)12/h7-8H,5-6H2,1-4H3/t7-,8+. The molecule has 0 aromatic rings. The van der Waals surface area contributed by atoms with Crippen molar-refractivity contribution in [1.82, 2.24) is 9.80 Å². The van der Waals surface area contributed by atoms with Crippen LogP contribution in [0.1, 0.15) is 0 Å². The minimum atomic E-state index is -0.493. The van der Waals surface area contributed by atoms with Gasteiger partial charge in [0.25, 0.3) is 0 Å². The number of ether oxygens (including phenoxy) is 4. The lowest BCUT2D eigenvalue weighted by atomic mass is 10.5. The molecule has 0 radical (unpaired) electrons. The fourth-order valence-corrected chi connectivity index (χ4v) is 1.71. The molecule has 7 nitrogen and oxygen atoms in total. The third-order valence-electron chi connectivity index (χ3n) is 2.37. The van der Waals surface area contributed by atoms with Gasteiger partial charge >= 0.3 is 6.03 Å². The number of nitrogens with zero attached hydrogens (tertiary/aromatic N) is 2. The van der Waals surface area contributed by atoms with Gasteiger partial charge in [0.05, 0.1) is 0 Å². The second-order valence-corrected chi connectivity index (χ2v) is 3.31. The number of hydrogen-bond donors (Lipinski definition) is 0. The van der Waals surface area contributed by atoms with E-state index >= 15 is 0 Å². The van der Waals surface area contributed by atoms with Crippen molar-refractivity contribution >= 4 is 6.03 Å². The lowest BCUT2D eigenvalue weighted by molar-refractivity contribution is -0.132. The van der Waals surface area contributed by atoms with Gasteiger partial charge in [-0.3, -0.25) is 9.80 Å². The Hall–Kier alpha value is -0.890. The van der Waals surface area contributed by atoms with E-state index in [1.54, 1.807) is 0 Å². The Morgan fingerprint density at radius 1 is 0.938 bits per heavy atom. The van der Waals surface area contributed by atoms with Gasteiger partial charge in [-0.05, 0) is 0 Å². The van der Waals surface area contributed by atoms with Gasteiger partial charge < -0.3 is 18.9 Å². The van der Waals surface area contributed by atoms with Gasteiger partial charge in [-0.1, -0.05) is 0 Å². The molecule has 0 unspecified atom stereocenters. The van der Waals surface area contributed by atoms with E-state index in [2.05, 4.69) is 0 Å². The minimum absolute atomic E-state index is 0.150. The second-order valence-electron chi connectivity index (χ2n) is 3.31. The normalized spacial score (nSPS) is 25.6. The van der Waals surface area contributed by atoms with Crippen LogP contribution in [-0.4, -0.2) is 70.2 Å². The third kappa shape index (κ3) is 2.27. The predicted molar refractivity (Wildman–Crippen MR) is 54.4 cm³/mol. The highest BCUT2D eigenvalue weighted by atomic mass is 16.6. The predicted octanol–water partition coefficient (Wildman–Crippen LogP) is -0.123. The van der Waals surface area contributed by atoms with E-state index in [4.69, 9.17) is 18.9 Å². The third-order valence-corrected chi connectivity index (χ3v) is 2.37. The summed E-state index contributed by atoms with van der Waals surface area (Å²) in [6, 6.07) is -0.234. The van der Waals surface area contributed by atoms with E-state index in [0.717, 1.165) is 0 Å². The Balaban J connectivity index is 2.83. The molecule has 1 fully saturated rings. The largest absolute Gasteiger partial charge is 0.364 e. The Bertz CT molecular complexity index is 216. The summed E-state index contributed by atoms with van der Waals surface area (Å²) < 4.78 is 20.4. The molecule has 0 aromatic heterocycles. The van der Waals surface area contributed by atoms with Gasteiger partial charge in [-0.25, -0.2) is 4.79 Å². The molecule has 1 heterocycles. The maximum absolute atomic E-state index is 12.0. The van der Waals surface area contributed by atoms with Crippen LogP contribution in [0, 0.1) is 0 Å².